The highest BCUT2D eigenvalue weighted by molar-refractivity contribution is 5.87. The Morgan fingerprint density at radius 3 is 2.85 bits per heavy atom. The zero-order valence-corrected chi connectivity index (χ0v) is 8.29. The van der Waals surface area contributed by atoms with Crippen molar-refractivity contribution in [2.45, 2.75) is 19.8 Å². The van der Waals surface area contributed by atoms with Crippen LogP contribution in [0.2, 0.25) is 0 Å². The zero-order valence-electron chi connectivity index (χ0n) is 8.29. The largest absolute Gasteiger partial charge is 0.337 e. The molecule has 0 heterocycles. The van der Waals surface area contributed by atoms with Gasteiger partial charge >= 0.3 is 6.03 Å². The molecule has 13 heavy (non-hydrogen) atoms. The van der Waals surface area contributed by atoms with E-state index in [1.165, 1.54) is 17.4 Å². The number of nitrogens with one attached hydrogen (secondary N) is 1. The minimum absolute atomic E-state index is 0.186. The molecule has 0 spiro atoms. The van der Waals surface area contributed by atoms with Gasteiger partial charge in [0.1, 0.15) is 0 Å². The third kappa shape index (κ3) is 5.00. The van der Waals surface area contributed by atoms with Crippen LogP contribution in [0.25, 0.3) is 0 Å². The van der Waals surface area contributed by atoms with Crippen LogP contribution >= 0.6 is 0 Å². The standard InChI is InChI=1S/C9H17N3O/c1-4-6-7-11-9(13)12(5-2)8-10-3/h5,8H,2,4,6-7H2,1,3H3,(H,11,13). The maximum absolute atomic E-state index is 11.3. The molecule has 0 radical (unpaired) electrons. The van der Waals surface area contributed by atoms with Crippen LogP contribution in [0.1, 0.15) is 19.8 Å². The van der Waals surface area contributed by atoms with E-state index >= 15 is 0 Å². The first kappa shape index (κ1) is 11.7. The second kappa shape index (κ2) is 7.34. The predicted octanol–water partition coefficient (Wildman–Crippen LogP) is 1.60. The minimum atomic E-state index is -0.186. The van der Waals surface area contributed by atoms with E-state index in [0.717, 1.165) is 12.8 Å². The molecule has 0 bridgehead atoms. The van der Waals surface area contributed by atoms with E-state index in [-0.39, 0.29) is 6.03 Å². The van der Waals surface area contributed by atoms with Gasteiger partial charge < -0.3 is 5.32 Å². The number of nitrogens with zero attached hydrogens (tertiary/aromatic N) is 2. The molecule has 2 amide bonds. The molecular formula is C9H17N3O. The van der Waals surface area contributed by atoms with Gasteiger partial charge in [-0.05, 0) is 6.42 Å². The normalized spacial score (nSPS) is 10.0. The quantitative estimate of drug-likeness (QED) is 0.393. The van der Waals surface area contributed by atoms with Crippen LogP contribution in [0.5, 0.6) is 0 Å². The first-order chi connectivity index (χ1) is 6.26. The summed E-state index contributed by atoms with van der Waals surface area (Å²) in [6, 6.07) is -0.186. The first-order valence-electron chi connectivity index (χ1n) is 4.37. The van der Waals surface area contributed by atoms with Crippen molar-refractivity contribution in [3.05, 3.63) is 12.8 Å². The number of hydrogen-bond acceptors (Lipinski definition) is 2. The van der Waals surface area contributed by atoms with E-state index in [9.17, 15) is 4.79 Å². The van der Waals surface area contributed by atoms with Crippen molar-refractivity contribution < 1.29 is 4.79 Å². The summed E-state index contributed by atoms with van der Waals surface area (Å²) in [6.07, 6.45) is 4.90. The molecule has 0 aliphatic carbocycles. The van der Waals surface area contributed by atoms with Crippen molar-refractivity contribution in [3.8, 4) is 0 Å². The summed E-state index contributed by atoms with van der Waals surface area (Å²) in [6.45, 7) is 6.27. The van der Waals surface area contributed by atoms with Crippen molar-refractivity contribution >= 4 is 12.4 Å². The lowest BCUT2D eigenvalue weighted by atomic mass is 10.3. The summed E-state index contributed by atoms with van der Waals surface area (Å²) in [5, 5.41) is 2.74. The summed E-state index contributed by atoms with van der Waals surface area (Å²) in [4.78, 5) is 16.3. The molecule has 0 aromatic rings. The summed E-state index contributed by atoms with van der Waals surface area (Å²) in [5.74, 6) is 0. The summed E-state index contributed by atoms with van der Waals surface area (Å²) in [5.41, 5.74) is 0. The van der Waals surface area contributed by atoms with Crippen LogP contribution in [-0.2, 0) is 0 Å². The molecule has 0 saturated carbocycles. The Labute approximate surface area is 79.3 Å². The number of hydrogen-bond donors (Lipinski definition) is 1. The van der Waals surface area contributed by atoms with Gasteiger partial charge in [0, 0.05) is 19.8 Å². The van der Waals surface area contributed by atoms with Crippen molar-refractivity contribution in [2.75, 3.05) is 13.6 Å². The van der Waals surface area contributed by atoms with Gasteiger partial charge in [-0.15, -0.1) is 0 Å². The van der Waals surface area contributed by atoms with Crippen LogP contribution in [-0.4, -0.2) is 30.9 Å². The monoisotopic (exact) mass is 183 g/mol. The van der Waals surface area contributed by atoms with Crippen LogP contribution in [0.15, 0.2) is 17.8 Å². The van der Waals surface area contributed by atoms with Crippen molar-refractivity contribution in [1.29, 1.82) is 0 Å². The second-order valence-electron chi connectivity index (χ2n) is 2.55. The molecule has 0 aromatic heterocycles. The third-order valence-electron chi connectivity index (χ3n) is 1.48. The van der Waals surface area contributed by atoms with Crippen molar-refractivity contribution in [1.82, 2.24) is 10.2 Å². The van der Waals surface area contributed by atoms with Crippen molar-refractivity contribution in [3.63, 3.8) is 0 Å². The van der Waals surface area contributed by atoms with Crippen molar-refractivity contribution in [2.24, 2.45) is 4.99 Å². The molecule has 4 heteroatoms. The lowest BCUT2D eigenvalue weighted by molar-refractivity contribution is 0.230. The Balaban J connectivity index is 3.84. The molecule has 4 nitrogen and oxygen atoms in total. The number of aliphatic imine (C=N–C) groups is 1. The lowest BCUT2D eigenvalue weighted by Gasteiger charge is -2.12. The molecule has 1 N–H and O–H groups in total. The third-order valence-corrected chi connectivity index (χ3v) is 1.48. The van der Waals surface area contributed by atoms with E-state index in [1.807, 2.05) is 0 Å². The molecular weight excluding hydrogens is 166 g/mol. The fraction of sp³-hybridized carbons (Fsp3) is 0.556. The fourth-order valence-electron chi connectivity index (χ4n) is 0.770. The van der Waals surface area contributed by atoms with E-state index < -0.39 is 0 Å². The molecule has 0 aromatic carbocycles. The second-order valence-corrected chi connectivity index (χ2v) is 2.55. The molecule has 0 unspecified atom stereocenters. The Morgan fingerprint density at radius 1 is 1.69 bits per heavy atom. The summed E-state index contributed by atoms with van der Waals surface area (Å²) in [7, 11) is 1.61. The zero-order chi connectivity index (χ0) is 10.1. The van der Waals surface area contributed by atoms with Gasteiger partial charge in [-0.3, -0.25) is 9.89 Å². The van der Waals surface area contributed by atoms with Gasteiger partial charge in [0.05, 0.1) is 6.34 Å². The molecule has 74 valence electrons. The highest BCUT2D eigenvalue weighted by atomic mass is 16.2. The topological polar surface area (TPSA) is 44.7 Å². The Morgan fingerprint density at radius 2 is 2.38 bits per heavy atom. The van der Waals surface area contributed by atoms with E-state index in [1.54, 1.807) is 7.05 Å². The van der Waals surface area contributed by atoms with Crippen LogP contribution in [0.4, 0.5) is 4.79 Å². The smallest absolute Gasteiger partial charge is 0.326 e. The maximum atomic E-state index is 11.3. The molecule has 0 aliphatic heterocycles. The Kier molecular flexibility index (Phi) is 6.59. The Bertz CT molecular complexity index is 189. The van der Waals surface area contributed by atoms with E-state index in [4.69, 9.17) is 0 Å². The number of carbonyl (C=O) groups is 1. The number of rotatable bonds is 5. The highest BCUT2D eigenvalue weighted by Crippen LogP contribution is 1.88. The minimum Gasteiger partial charge on any atom is -0.337 e. The van der Waals surface area contributed by atoms with Crippen LogP contribution in [0.3, 0.4) is 0 Å². The maximum Gasteiger partial charge on any atom is 0.326 e. The highest BCUT2D eigenvalue weighted by Gasteiger charge is 2.04. The Hall–Kier alpha value is -1.32. The van der Waals surface area contributed by atoms with Crippen LogP contribution < -0.4 is 5.32 Å². The lowest BCUT2D eigenvalue weighted by Crippen LogP contribution is -2.35. The van der Waals surface area contributed by atoms with E-state index in [0.29, 0.717) is 6.54 Å². The average Bonchev–Trinajstić information content (AvgIpc) is 2.14. The van der Waals surface area contributed by atoms with Gasteiger partial charge in [0.15, 0.2) is 0 Å². The first-order valence-corrected chi connectivity index (χ1v) is 4.37. The van der Waals surface area contributed by atoms with Crippen LogP contribution in [0, 0.1) is 0 Å². The summed E-state index contributed by atoms with van der Waals surface area (Å²) >= 11 is 0. The van der Waals surface area contributed by atoms with Gasteiger partial charge in [-0.25, -0.2) is 4.79 Å². The molecule has 0 aliphatic rings. The van der Waals surface area contributed by atoms with Gasteiger partial charge in [-0.2, -0.15) is 0 Å². The van der Waals surface area contributed by atoms with Gasteiger partial charge in [-0.1, -0.05) is 19.9 Å². The predicted molar refractivity (Wildman–Crippen MR) is 54.8 cm³/mol. The van der Waals surface area contributed by atoms with Gasteiger partial charge in [0.2, 0.25) is 0 Å². The molecule has 0 saturated heterocycles. The number of unbranched alkanes of at least 4 members (excludes halogenated alkanes) is 1. The molecule has 0 rings (SSSR count). The van der Waals surface area contributed by atoms with E-state index in [2.05, 4.69) is 23.8 Å². The average molecular weight is 183 g/mol. The number of urea groups is 1. The summed E-state index contributed by atoms with van der Waals surface area (Å²) < 4.78 is 0. The number of amides is 2. The molecule has 0 fully saturated rings. The fourth-order valence-corrected chi connectivity index (χ4v) is 0.770. The molecule has 0 atom stereocenters. The number of carbonyl (C=O) groups excluding carboxylic acids is 1. The van der Waals surface area contributed by atoms with Gasteiger partial charge in [0.25, 0.3) is 0 Å². The SMILES string of the molecule is C=CN(C=NC)C(=O)NCCCC.